The van der Waals surface area contributed by atoms with E-state index in [-0.39, 0.29) is 5.54 Å². The van der Waals surface area contributed by atoms with Crippen molar-refractivity contribution in [3.8, 4) is 11.5 Å². The quantitative estimate of drug-likeness (QED) is 0.831. The summed E-state index contributed by atoms with van der Waals surface area (Å²) in [5, 5.41) is 0. The standard InChI is InChI=1S/C14H19NO3/c1-17-12-8-11(14(15)5-3-4-6-14)7-10(9-16)13(12)18-2/h7-9H,3-6,15H2,1-2H3. The maximum atomic E-state index is 11.1. The molecule has 4 nitrogen and oxygen atoms in total. The lowest BCUT2D eigenvalue weighted by molar-refractivity contribution is 0.111. The number of rotatable bonds is 4. The number of carbonyl (C=O) groups excluding carboxylic acids is 1. The van der Waals surface area contributed by atoms with E-state index in [4.69, 9.17) is 15.2 Å². The number of hydrogen-bond donors (Lipinski definition) is 1. The summed E-state index contributed by atoms with van der Waals surface area (Å²) in [6.07, 6.45) is 4.92. The predicted molar refractivity (Wildman–Crippen MR) is 69.3 cm³/mol. The highest BCUT2D eigenvalue weighted by molar-refractivity contribution is 5.82. The van der Waals surface area contributed by atoms with Gasteiger partial charge in [-0.3, -0.25) is 4.79 Å². The number of carbonyl (C=O) groups is 1. The number of methoxy groups -OCH3 is 2. The van der Waals surface area contributed by atoms with E-state index < -0.39 is 0 Å². The molecule has 1 saturated carbocycles. The zero-order valence-electron chi connectivity index (χ0n) is 10.9. The number of nitrogens with two attached hydrogens (primary N) is 1. The third kappa shape index (κ3) is 2.08. The van der Waals surface area contributed by atoms with Crippen LogP contribution in [0.15, 0.2) is 12.1 Å². The summed E-state index contributed by atoms with van der Waals surface area (Å²) in [6, 6.07) is 3.71. The molecule has 2 rings (SSSR count). The van der Waals surface area contributed by atoms with Crippen LogP contribution >= 0.6 is 0 Å². The highest BCUT2D eigenvalue weighted by Crippen LogP contribution is 2.41. The summed E-state index contributed by atoms with van der Waals surface area (Å²) in [5.74, 6) is 1.03. The van der Waals surface area contributed by atoms with Crippen LogP contribution < -0.4 is 15.2 Å². The Hall–Kier alpha value is -1.55. The fourth-order valence-electron chi connectivity index (χ4n) is 2.66. The molecule has 98 valence electrons. The molecule has 2 N–H and O–H groups in total. The fraction of sp³-hybridized carbons (Fsp3) is 0.500. The molecule has 0 unspecified atom stereocenters. The topological polar surface area (TPSA) is 61.5 Å². The Balaban J connectivity index is 2.52. The number of aldehydes is 1. The Bertz CT molecular complexity index is 451. The van der Waals surface area contributed by atoms with E-state index in [0.29, 0.717) is 17.1 Å². The van der Waals surface area contributed by atoms with Gasteiger partial charge in [0, 0.05) is 5.54 Å². The maximum absolute atomic E-state index is 11.1. The van der Waals surface area contributed by atoms with Gasteiger partial charge in [-0.05, 0) is 30.5 Å². The van der Waals surface area contributed by atoms with Crippen LogP contribution in [0.5, 0.6) is 11.5 Å². The number of hydrogen-bond acceptors (Lipinski definition) is 4. The largest absolute Gasteiger partial charge is 0.493 e. The summed E-state index contributed by atoms with van der Waals surface area (Å²) < 4.78 is 10.5. The second kappa shape index (κ2) is 4.98. The molecule has 1 aromatic rings. The van der Waals surface area contributed by atoms with E-state index in [0.717, 1.165) is 37.5 Å². The number of benzene rings is 1. The van der Waals surface area contributed by atoms with Crippen molar-refractivity contribution < 1.29 is 14.3 Å². The van der Waals surface area contributed by atoms with Gasteiger partial charge in [-0.15, -0.1) is 0 Å². The molecule has 0 amide bonds. The third-order valence-electron chi connectivity index (χ3n) is 3.71. The van der Waals surface area contributed by atoms with Crippen molar-refractivity contribution in [2.45, 2.75) is 31.2 Å². The summed E-state index contributed by atoms with van der Waals surface area (Å²) in [6.45, 7) is 0. The summed E-state index contributed by atoms with van der Waals surface area (Å²) >= 11 is 0. The molecule has 0 spiro atoms. The van der Waals surface area contributed by atoms with E-state index in [1.807, 2.05) is 12.1 Å². The molecule has 1 aliphatic carbocycles. The van der Waals surface area contributed by atoms with Crippen LogP contribution in [0.2, 0.25) is 0 Å². The first-order valence-electron chi connectivity index (χ1n) is 6.15. The second-order valence-electron chi connectivity index (χ2n) is 4.78. The lowest BCUT2D eigenvalue weighted by Crippen LogP contribution is -2.33. The number of ether oxygens (including phenoxy) is 2. The Morgan fingerprint density at radius 1 is 1.22 bits per heavy atom. The third-order valence-corrected chi connectivity index (χ3v) is 3.71. The molecule has 0 atom stereocenters. The van der Waals surface area contributed by atoms with E-state index in [2.05, 4.69) is 0 Å². The minimum Gasteiger partial charge on any atom is -0.493 e. The lowest BCUT2D eigenvalue weighted by atomic mass is 9.88. The van der Waals surface area contributed by atoms with Gasteiger partial charge in [0.1, 0.15) is 0 Å². The van der Waals surface area contributed by atoms with Crippen molar-refractivity contribution in [3.63, 3.8) is 0 Å². The van der Waals surface area contributed by atoms with Gasteiger partial charge in [-0.1, -0.05) is 12.8 Å². The molecular formula is C14H19NO3. The normalized spacial score (nSPS) is 17.5. The van der Waals surface area contributed by atoms with Gasteiger partial charge >= 0.3 is 0 Å². The maximum Gasteiger partial charge on any atom is 0.171 e. The van der Waals surface area contributed by atoms with Gasteiger partial charge < -0.3 is 15.2 Å². The molecule has 0 aliphatic heterocycles. The minimum absolute atomic E-state index is 0.336. The molecular weight excluding hydrogens is 230 g/mol. The Morgan fingerprint density at radius 2 is 1.89 bits per heavy atom. The second-order valence-corrected chi connectivity index (χ2v) is 4.78. The van der Waals surface area contributed by atoms with Gasteiger partial charge in [-0.25, -0.2) is 0 Å². The van der Waals surface area contributed by atoms with Crippen LogP contribution in [0, 0.1) is 0 Å². The van der Waals surface area contributed by atoms with Gasteiger partial charge in [0.25, 0.3) is 0 Å². The molecule has 1 aromatic carbocycles. The van der Waals surface area contributed by atoms with Crippen molar-refractivity contribution in [1.82, 2.24) is 0 Å². The zero-order chi connectivity index (χ0) is 13.2. The van der Waals surface area contributed by atoms with E-state index in [1.54, 1.807) is 7.11 Å². The summed E-state index contributed by atoms with van der Waals surface area (Å²) in [5.41, 5.74) is 7.52. The van der Waals surface area contributed by atoms with Gasteiger partial charge in [-0.2, -0.15) is 0 Å². The molecule has 0 heterocycles. The van der Waals surface area contributed by atoms with Crippen molar-refractivity contribution in [2.75, 3.05) is 14.2 Å². The van der Waals surface area contributed by atoms with Crippen LogP contribution in [-0.4, -0.2) is 20.5 Å². The van der Waals surface area contributed by atoms with Crippen molar-refractivity contribution in [3.05, 3.63) is 23.3 Å². The molecule has 1 aliphatic rings. The fourth-order valence-corrected chi connectivity index (χ4v) is 2.66. The van der Waals surface area contributed by atoms with Gasteiger partial charge in [0.2, 0.25) is 0 Å². The molecule has 1 fully saturated rings. The van der Waals surface area contributed by atoms with Crippen LogP contribution in [0.25, 0.3) is 0 Å². The van der Waals surface area contributed by atoms with E-state index in [9.17, 15) is 4.79 Å². The molecule has 0 saturated heterocycles. The first-order valence-corrected chi connectivity index (χ1v) is 6.15. The summed E-state index contributed by atoms with van der Waals surface area (Å²) in [4.78, 5) is 11.1. The zero-order valence-corrected chi connectivity index (χ0v) is 10.9. The van der Waals surface area contributed by atoms with E-state index >= 15 is 0 Å². The van der Waals surface area contributed by atoms with Crippen LogP contribution in [0.3, 0.4) is 0 Å². The smallest absolute Gasteiger partial charge is 0.171 e. The summed E-state index contributed by atoms with van der Waals surface area (Å²) in [7, 11) is 3.09. The van der Waals surface area contributed by atoms with Crippen molar-refractivity contribution in [1.29, 1.82) is 0 Å². The van der Waals surface area contributed by atoms with Crippen molar-refractivity contribution in [2.24, 2.45) is 5.73 Å². The van der Waals surface area contributed by atoms with E-state index in [1.165, 1.54) is 7.11 Å². The predicted octanol–water partition coefficient (Wildman–Crippen LogP) is 2.24. The van der Waals surface area contributed by atoms with Crippen LogP contribution in [-0.2, 0) is 5.54 Å². The average molecular weight is 249 g/mol. The Labute approximate surface area is 107 Å². The minimum atomic E-state index is -0.336. The van der Waals surface area contributed by atoms with Gasteiger partial charge in [0.15, 0.2) is 17.8 Å². The Kier molecular flexibility index (Phi) is 3.57. The monoisotopic (exact) mass is 249 g/mol. The molecule has 0 bridgehead atoms. The average Bonchev–Trinajstić information content (AvgIpc) is 2.85. The Morgan fingerprint density at radius 3 is 2.39 bits per heavy atom. The first kappa shape index (κ1) is 12.9. The van der Waals surface area contributed by atoms with Crippen LogP contribution in [0.1, 0.15) is 41.6 Å². The van der Waals surface area contributed by atoms with Gasteiger partial charge in [0.05, 0.1) is 19.8 Å². The molecule has 0 aromatic heterocycles. The molecule has 0 radical (unpaired) electrons. The highest BCUT2D eigenvalue weighted by Gasteiger charge is 2.32. The SMILES string of the molecule is COc1cc(C2(N)CCCC2)cc(C=O)c1OC. The lowest BCUT2D eigenvalue weighted by Gasteiger charge is -2.25. The molecule has 4 heteroatoms. The first-order chi connectivity index (χ1) is 8.64. The van der Waals surface area contributed by atoms with Crippen molar-refractivity contribution >= 4 is 6.29 Å². The van der Waals surface area contributed by atoms with Crippen LogP contribution in [0.4, 0.5) is 0 Å². The molecule has 18 heavy (non-hydrogen) atoms. The highest BCUT2D eigenvalue weighted by atomic mass is 16.5.